The normalized spacial score (nSPS) is 19.2. The number of nitrogens with one attached hydrogen (secondary N) is 1. The van der Waals surface area contributed by atoms with Crippen molar-refractivity contribution in [1.82, 2.24) is 5.32 Å². The van der Waals surface area contributed by atoms with E-state index in [0.717, 1.165) is 31.6 Å². The van der Waals surface area contributed by atoms with Gasteiger partial charge in [-0.15, -0.1) is 0 Å². The summed E-state index contributed by atoms with van der Waals surface area (Å²) in [6, 6.07) is 8.72. The molecule has 118 valence electrons. The molecule has 1 N–H and O–H groups in total. The van der Waals surface area contributed by atoms with E-state index in [4.69, 9.17) is 9.47 Å². The molecule has 21 heavy (non-hydrogen) atoms. The lowest BCUT2D eigenvalue weighted by Crippen LogP contribution is -2.53. The number of rotatable bonds is 7. The van der Waals surface area contributed by atoms with Gasteiger partial charge in [-0.3, -0.25) is 0 Å². The van der Waals surface area contributed by atoms with Crippen LogP contribution in [0.2, 0.25) is 0 Å². The highest BCUT2D eigenvalue weighted by Gasteiger charge is 2.39. The minimum absolute atomic E-state index is 0.00910. The van der Waals surface area contributed by atoms with Crippen LogP contribution in [0.25, 0.3) is 0 Å². The Morgan fingerprint density at radius 3 is 2.62 bits per heavy atom. The minimum atomic E-state index is -0.00910. The third-order valence-electron chi connectivity index (χ3n) is 4.69. The Morgan fingerprint density at radius 1 is 1.24 bits per heavy atom. The van der Waals surface area contributed by atoms with Crippen LogP contribution < -0.4 is 10.1 Å². The first-order valence-corrected chi connectivity index (χ1v) is 8.18. The van der Waals surface area contributed by atoms with Gasteiger partial charge < -0.3 is 14.8 Å². The summed E-state index contributed by atoms with van der Waals surface area (Å²) in [5.41, 5.74) is 1.29. The van der Waals surface area contributed by atoms with E-state index in [1.165, 1.54) is 24.8 Å². The Kier molecular flexibility index (Phi) is 6.07. The van der Waals surface area contributed by atoms with Gasteiger partial charge in [0.2, 0.25) is 0 Å². The number of ether oxygens (including phenoxy) is 2. The number of hydrogen-bond acceptors (Lipinski definition) is 3. The van der Waals surface area contributed by atoms with Crippen LogP contribution in [-0.4, -0.2) is 32.4 Å². The molecule has 0 saturated heterocycles. The van der Waals surface area contributed by atoms with E-state index in [1.807, 2.05) is 6.07 Å². The van der Waals surface area contributed by atoms with Crippen molar-refractivity contribution in [3.8, 4) is 5.75 Å². The zero-order valence-electron chi connectivity index (χ0n) is 13.7. The van der Waals surface area contributed by atoms with Crippen molar-refractivity contribution >= 4 is 0 Å². The number of methoxy groups -OCH3 is 1. The monoisotopic (exact) mass is 291 g/mol. The Bertz CT molecular complexity index is 421. The Labute approximate surface area is 129 Å². The maximum atomic E-state index is 6.26. The van der Waals surface area contributed by atoms with Gasteiger partial charge in [-0.2, -0.15) is 0 Å². The molecule has 3 nitrogen and oxygen atoms in total. The van der Waals surface area contributed by atoms with Gasteiger partial charge in [-0.1, -0.05) is 31.4 Å². The lowest BCUT2D eigenvalue weighted by atomic mass is 9.77. The van der Waals surface area contributed by atoms with Crippen molar-refractivity contribution in [2.24, 2.45) is 0 Å². The fourth-order valence-electron chi connectivity index (χ4n) is 3.62. The number of hydrogen-bond donors (Lipinski definition) is 1. The lowest BCUT2D eigenvalue weighted by molar-refractivity contribution is -0.0883. The molecule has 0 spiro atoms. The number of likely N-dealkylation sites (N-methyl/N-ethyl adjacent to an activating group) is 1. The van der Waals surface area contributed by atoms with E-state index in [0.29, 0.717) is 6.04 Å². The summed E-state index contributed by atoms with van der Waals surface area (Å²) < 4.78 is 11.6. The van der Waals surface area contributed by atoms with Gasteiger partial charge in [0.15, 0.2) is 0 Å². The molecule has 0 bridgehead atoms. The second kappa shape index (κ2) is 7.81. The molecule has 1 aromatic carbocycles. The smallest absolute Gasteiger partial charge is 0.119 e. The van der Waals surface area contributed by atoms with Gasteiger partial charge in [-0.05, 0) is 50.9 Å². The molecule has 0 aliphatic heterocycles. The van der Waals surface area contributed by atoms with Crippen molar-refractivity contribution in [1.29, 1.82) is 0 Å². The first kappa shape index (κ1) is 16.3. The molecule has 2 rings (SSSR count). The number of benzene rings is 1. The molecule has 1 aromatic rings. The average molecular weight is 291 g/mol. The first-order chi connectivity index (χ1) is 10.2. The lowest BCUT2D eigenvalue weighted by Gasteiger charge is -2.43. The third kappa shape index (κ3) is 3.98. The maximum Gasteiger partial charge on any atom is 0.119 e. The molecule has 1 unspecified atom stereocenters. The van der Waals surface area contributed by atoms with E-state index < -0.39 is 0 Å². The van der Waals surface area contributed by atoms with Gasteiger partial charge in [0.1, 0.15) is 5.75 Å². The average Bonchev–Trinajstić information content (AvgIpc) is 2.54. The molecule has 1 fully saturated rings. The largest absolute Gasteiger partial charge is 0.497 e. The van der Waals surface area contributed by atoms with Crippen molar-refractivity contribution < 1.29 is 9.47 Å². The first-order valence-electron chi connectivity index (χ1n) is 8.18. The van der Waals surface area contributed by atoms with Crippen LogP contribution in [0.3, 0.4) is 0 Å². The highest BCUT2D eigenvalue weighted by atomic mass is 16.5. The molecule has 1 saturated carbocycles. The van der Waals surface area contributed by atoms with Crippen LogP contribution in [-0.2, 0) is 11.2 Å². The molecule has 1 aliphatic rings. The summed E-state index contributed by atoms with van der Waals surface area (Å²) in [6.45, 7) is 2.89. The van der Waals surface area contributed by atoms with Crippen LogP contribution in [0.1, 0.15) is 44.6 Å². The summed E-state index contributed by atoms with van der Waals surface area (Å²) in [4.78, 5) is 0. The summed E-state index contributed by atoms with van der Waals surface area (Å²) in [5.74, 6) is 0.927. The van der Waals surface area contributed by atoms with E-state index in [-0.39, 0.29) is 5.60 Å². The van der Waals surface area contributed by atoms with Gasteiger partial charge in [0, 0.05) is 12.6 Å². The summed E-state index contributed by atoms with van der Waals surface area (Å²) in [7, 11) is 3.78. The van der Waals surface area contributed by atoms with Crippen molar-refractivity contribution in [3.05, 3.63) is 29.8 Å². The van der Waals surface area contributed by atoms with Gasteiger partial charge in [0.25, 0.3) is 0 Å². The standard InChI is InChI=1S/C18H29NO2/c1-4-21-18(11-6-5-7-12-18)17(19-2)14-15-9-8-10-16(13-15)20-3/h8-10,13,17,19H,4-7,11-12,14H2,1-3H3. The molecule has 0 amide bonds. The summed E-state index contributed by atoms with van der Waals surface area (Å²) in [6.07, 6.45) is 7.19. The molecule has 0 aromatic heterocycles. The SMILES string of the molecule is CCOC1(C(Cc2cccc(OC)c2)NC)CCCCC1. The second-order valence-corrected chi connectivity index (χ2v) is 5.96. The van der Waals surface area contributed by atoms with Crippen molar-refractivity contribution in [2.45, 2.75) is 57.1 Å². The van der Waals surface area contributed by atoms with Crippen LogP contribution >= 0.6 is 0 Å². The predicted molar refractivity (Wildman–Crippen MR) is 87.0 cm³/mol. The van der Waals surface area contributed by atoms with E-state index in [9.17, 15) is 0 Å². The molecule has 3 heteroatoms. The van der Waals surface area contributed by atoms with Crippen LogP contribution in [0.4, 0.5) is 0 Å². The van der Waals surface area contributed by atoms with E-state index >= 15 is 0 Å². The predicted octanol–water partition coefficient (Wildman–Crippen LogP) is 3.57. The third-order valence-corrected chi connectivity index (χ3v) is 4.69. The highest BCUT2D eigenvalue weighted by molar-refractivity contribution is 5.29. The van der Waals surface area contributed by atoms with E-state index in [2.05, 4.69) is 37.5 Å². The second-order valence-electron chi connectivity index (χ2n) is 5.96. The van der Waals surface area contributed by atoms with Crippen LogP contribution in [0, 0.1) is 0 Å². The quantitative estimate of drug-likeness (QED) is 0.833. The zero-order chi connectivity index (χ0) is 15.1. The molecular formula is C18H29NO2. The van der Waals surface area contributed by atoms with E-state index in [1.54, 1.807) is 7.11 Å². The maximum absolute atomic E-state index is 6.26. The minimum Gasteiger partial charge on any atom is -0.497 e. The molecule has 1 aliphatic carbocycles. The zero-order valence-corrected chi connectivity index (χ0v) is 13.7. The fraction of sp³-hybridized carbons (Fsp3) is 0.667. The Balaban J connectivity index is 2.15. The van der Waals surface area contributed by atoms with Crippen LogP contribution in [0.15, 0.2) is 24.3 Å². The molecule has 1 atom stereocenters. The van der Waals surface area contributed by atoms with Crippen molar-refractivity contribution in [3.63, 3.8) is 0 Å². The topological polar surface area (TPSA) is 30.5 Å². The fourth-order valence-corrected chi connectivity index (χ4v) is 3.62. The van der Waals surface area contributed by atoms with Gasteiger partial charge in [-0.25, -0.2) is 0 Å². The molecular weight excluding hydrogens is 262 g/mol. The highest BCUT2D eigenvalue weighted by Crippen LogP contribution is 2.36. The van der Waals surface area contributed by atoms with Crippen molar-refractivity contribution in [2.75, 3.05) is 20.8 Å². The summed E-state index contributed by atoms with van der Waals surface area (Å²) in [5, 5.41) is 3.52. The van der Waals surface area contributed by atoms with Gasteiger partial charge in [0.05, 0.1) is 12.7 Å². The summed E-state index contributed by atoms with van der Waals surface area (Å²) >= 11 is 0. The molecule has 0 heterocycles. The van der Waals surface area contributed by atoms with Crippen LogP contribution in [0.5, 0.6) is 5.75 Å². The molecule has 0 radical (unpaired) electrons. The Hall–Kier alpha value is -1.06. The Morgan fingerprint density at radius 2 is 2.00 bits per heavy atom. The van der Waals surface area contributed by atoms with Gasteiger partial charge >= 0.3 is 0 Å².